The lowest BCUT2D eigenvalue weighted by atomic mass is 10.2. The molecule has 8 nitrogen and oxygen atoms in total. The first-order valence-electron chi connectivity index (χ1n) is 8.40. The zero-order valence-corrected chi connectivity index (χ0v) is 16.3. The summed E-state index contributed by atoms with van der Waals surface area (Å²) >= 11 is 2.39. The topological polar surface area (TPSA) is 101 Å². The maximum atomic E-state index is 12.5. The molecule has 1 saturated heterocycles. The second-order valence-corrected chi connectivity index (χ2v) is 7.82. The summed E-state index contributed by atoms with van der Waals surface area (Å²) in [7, 11) is 0. The molecule has 3 rings (SSSR count). The number of anilines is 2. The summed E-state index contributed by atoms with van der Waals surface area (Å²) < 4.78 is 5.42. The fourth-order valence-corrected chi connectivity index (χ4v) is 4.09. The normalized spacial score (nSPS) is 13.7. The Morgan fingerprint density at radius 1 is 1.37 bits per heavy atom. The fourth-order valence-electron chi connectivity index (χ4n) is 2.55. The lowest BCUT2D eigenvalue weighted by Gasteiger charge is -2.16. The van der Waals surface area contributed by atoms with Crippen LogP contribution < -0.4 is 10.2 Å². The van der Waals surface area contributed by atoms with Crippen LogP contribution >= 0.6 is 23.1 Å². The molecule has 0 unspecified atom stereocenters. The van der Waals surface area contributed by atoms with E-state index in [-0.39, 0.29) is 23.5 Å². The molecular weight excluding hydrogens is 388 g/mol. The highest BCUT2D eigenvalue weighted by atomic mass is 32.2. The molecule has 0 atom stereocenters. The first-order valence-corrected chi connectivity index (χ1v) is 10.2. The standard InChI is InChI=1S/C17H18N4O4S2/c1-2-25-14(23)10-26-17-20-19-16(27-17)18-15(24)11-5-3-6-12(9-11)21-8-4-7-13(21)22/h3,5-6,9H,2,4,7-8,10H2,1H3,(H,18,19,24). The number of hydrogen-bond donors (Lipinski definition) is 1. The van der Waals surface area contributed by atoms with Crippen LogP contribution in [0, 0.1) is 0 Å². The van der Waals surface area contributed by atoms with Crippen LogP contribution in [0.2, 0.25) is 0 Å². The summed E-state index contributed by atoms with van der Waals surface area (Å²) in [5.74, 6) is -0.444. The number of amides is 2. The van der Waals surface area contributed by atoms with Crippen molar-refractivity contribution in [1.82, 2.24) is 10.2 Å². The molecule has 1 N–H and O–H groups in total. The highest BCUT2D eigenvalue weighted by Crippen LogP contribution is 2.26. The van der Waals surface area contributed by atoms with Crippen molar-refractivity contribution in [3.05, 3.63) is 29.8 Å². The van der Waals surface area contributed by atoms with Gasteiger partial charge in [0, 0.05) is 24.2 Å². The molecule has 1 fully saturated rings. The maximum absolute atomic E-state index is 12.5. The summed E-state index contributed by atoms with van der Waals surface area (Å²) in [6.07, 6.45) is 1.36. The van der Waals surface area contributed by atoms with Gasteiger partial charge in [-0.3, -0.25) is 19.7 Å². The van der Waals surface area contributed by atoms with Gasteiger partial charge in [-0.15, -0.1) is 10.2 Å². The number of thioether (sulfide) groups is 1. The molecule has 0 saturated carbocycles. The number of carbonyl (C=O) groups is 3. The summed E-state index contributed by atoms with van der Waals surface area (Å²) in [6.45, 7) is 2.75. The molecule has 1 aromatic carbocycles. The van der Waals surface area contributed by atoms with E-state index in [1.54, 1.807) is 30.0 Å². The molecule has 27 heavy (non-hydrogen) atoms. The molecule has 10 heteroatoms. The van der Waals surface area contributed by atoms with Crippen LogP contribution in [0.3, 0.4) is 0 Å². The van der Waals surface area contributed by atoms with Crippen LogP contribution in [0.5, 0.6) is 0 Å². The summed E-state index contributed by atoms with van der Waals surface area (Å²) in [6, 6.07) is 6.93. The Hall–Kier alpha value is -2.46. The van der Waals surface area contributed by atoms with E-state index in [0.717, 1.165) is 6.42 Å². The van der Waals surface area contributed by atoms with E-state index in [1.807, 2.05) is 6.07 Å². The number of benzene rings is 1. The second kappa shape index (κ2) is 8.96. The Bertz CT molecular complexity index is 855. The average molecular weight is 406 g/mol. The molecule has 1 aliphatic rings. The fraction of sp³-hybridized carbons (Fsp3) is 0.353. The van der Waals surface area contributed by atoms with Crippen molar-refractivity contribution in [3.8, 4) is 0 Å². The maximum Gasteiger partial charge on any atom is 0.316 e. The molecule has 0 spiro atoms. The van der Waals surface area contributed by atoms with Crippen LogP contribution in [0.15, 0.2) is 28.6 Å². The number of rotatable bonds is 7. The van der Waals surface area contributed by atoms with Crippen LogP contribution in [0.4, 0.5) is 10.8 Å². The minimum absolute atomic E-state index is 0.0694. The Morgan fingerprint density at radius 2 is 2.22 bits per heavy atom. The van der Waals surface area contributed by atoms with E-state index in [4.69, 9.17) is 4.74 Å². The van der Waals surface area contributed by atoms with E-state index >= 15 is 0 Å². The van der Waals surface area contributed by atoms with Gasteiger partial charge in [0.15, 0.2) is 4.34 Å². The van der Waals surface area contributed by atoms with Crippen molar-refractivity contribution in [2.24, 2.45) is 0 Å². The number of ether oxygens (including phenoxy) is 1. The van der Waals surface area contributed by atoms with Crippen molar-refractivity contribution >= 4 is 51.7 Å². The lowest BCUT2D eigenvalue weighted by molar-refractivity contribution is -0.139. The van der Waals surface area contributed by atoms with Gasteiger partial charge in [-0.1, -0.05) is 29.2 Å². The van der Waals surface area contributed by atoms with Gasteiger partial charge >= 0.3 is 5.97 Å². The monoisotopic (exact) mass is 406 g/mol. The molecule has 2 heterocycles. The molecular formula is C17H18N4O4S2. The van der Waals surface area contributed by atoms with Crippen molar-refractivity contribution in [1.29, 1.82) is 0 Å². The van der Waals surface area contributed by atoms with Crippen molar-refractivity contribution in [3.63, 3.8) is 0 Å². The smallest absolute Gasteiger partial charge is 0.316 e. The predicted molar refractivity (Wildman–Crippen MR) is 103 cm³/mol. The summed E-state index contributed by atoms with van der Waals surface area (Å²) in [5, 5.41) is 10.9. The van der Waals surface area contributed by atoms with Gasteiger partial charge in [0.25, 0.3) is 5.91 Å². The summed E-state index contributed by atoms with van der Waals surface area (Å²) in [5.41, 5.74) is 1.15. The zero-order chi connectivity index (χ0) is 19.2. The van der Waals surface area contributed by atoms with E-state index in [1.165, 1.54) is 23.1 Å². The summed E-state index contributed by atoms with van der Waals surface area (Å²) in [4.78, 5) is 37.4. The number of hydrogen-bond acceptors (Lipinski definition) is 8. The van der Waals surface area contributed by atoms with E-state index < -0.39 is 0 Å². The van der Waals surface area contributed by atoms with Gasteiger partial charge in [-0.05, 0) is 31.5 Å². The number of aromatic nitrogens is 2. The first kappa shape index (κ1) is 19.3. The van der Waals surface area contributed by atoms with E-state index in [9.17, 15) is 14.4 Å². The average Bonchev–Trinajstić information content (AvgIpc) is 3.29. The Labute approximate surface area is 164 Å². The quantitative estimate of drug-likeness (QED) is 0.428. The van der Waals surface area contributed by atoms with Gasteiger partial charge in [0.05, 0.1) is 12.4 Å². The molecule has 0 bridgehead atoms. The van der Waals surface area contributed by atoms with Gasteiger partial charge in [0.1, 0.15) is 0 Å². The molecule has 2 amide bonds. The highest BCUT2D eigenvalue weighted by Gasteiger charge is 2.22. The third-order valence-electron chi connectivity index (χ3n) is 3.74. The molecule has 1 aliphatic heterocycles. The zero-order valence-electron chi connectivity index (χ0n) is 14.6. The Kier molecular flexibility index (Phi) is 6.40. The molecule has 2 aromatic rings. The van der Waals surface area contributed by atoms with Gasteiger partial charge in [-0.2, -0.15) is 0 Å². The highest BCUT2D eigenvalue weighted by molar-refractivity contribution is 8.01. The van der Waals surface area contributed by atoms with Crippen LogP contribution in [0.25, 0.3) is 0 Å². The van der Waals surface area contributed by atoms with Crippen LogP contribution in [0.1, 0.15) is 30.1 Å². The van der Waals surface area contributed by atoms with Crippen molar-refractivity contribution < 1.29 is 19.1 Å². The van der Waals surface area contributed by atoms with Crippen molar-refractivity contribution in [2.45, 2.75) is 24.1 Å². The van der Waals surface area contributed by atoms with Gasteiger partial charge < -0.3 is 9.64 Å². The van der Waals surface area contributed by atoms with E-state index in [2.05, 4.69) is 15.5 Å². The van der Waals surface area contributed by atoms with Gasteiger partial charge in [-0.25, -0.2) is 0 Å². The lowest BCUT2D eigenvalue weighted by Crippen LogP contribution is -2.24. The molecule has 1 aromatic heterocycles. The molecule has 142 valence electrons. The molecule has 0 aliphatic carbocycles. The number of nitrogens with one attached hydrogen (secondary N) is 1. The third kappa shape index (κ3) is 5.04. The van der Waals surface area contributed by atoms with Crippen LogP contribution in [-0.4, -0.2) is 46.9 Å². The Morgan fingerprint density at radius 3 is 2.96 bits per heavy atom. The minimum atomic E-state index is -0.332. The SMILES string of the molecule is CCOC(=O)CSc1nnc(NC(=O)c2cccc(N3CCCC3=O)c2)s1. The largest absolute Gasteiger partial charge is 0.465 e. The van der Waals surface area contributed by atoms with Gasteiger partial charge in [0.2, 0.25) is 11.0 Å². The molecule has 0 radical (unpaired) electrons. The Balaban J connectivity index is 1.61. The third-order valence-corrected chi connectivity index (χ3v) is 5.68. The van der Waals surface area contributed by atoms with E-state index in [0.29, 0.717) is 40.3 Å². The number of nitrogens with zero attached hydrogens (tertiary/aromatic N) is 3. The first-order chi connectivity index (χ1) is 13.1. The van der Waals surface area contributed by atoms with Crippen LogP contribution in [-0.2, 0) is 14.3 Å². The predicted octanol–water partition coefficient (Wildman–Crippen LogP) is 2.57. The number of esters is 1. The second-order valence-electron chi connectivity index (χ2n) is 5.62. The minimum Gasteiger partial charge on any atom is -0.465 e. The number of carbonyl (C=O) groups excluding carboxylic acids is 3. The van der Waals surface area contributed by atoms with Crippen molar-refractivity contribution in [2.75, 3.05) is 29.1 Å².